The van der Waals surface area contributed by atoms with E-state index < -0.39 is 33.8 Å². The summed E-state index contributed by atoms with van der Waals surface area (Å²) in [5, 5.41) is 8.77. The van der Waals surface area contributed by atoms with Crippen molar-refractivity contribution in [1.82, 2.24) is 4.31 Å². The zero-order valence-corrected chi connectivity index (χ0v) is 13.1. The van der Waals surface area contributed by atoms with Gasteiger partial charge in [-0.15, -0.1) is 11.8 Å². The first kappa shape index (κ1) is 17.3. The van der Waals surface area contributed by atoms with Crippen molar-refractivity contribution in [3.05, 3.63) is 0 Å². The summed E-state index contributed by atoms with van der Waals surface area (Å²) in [4.78, 5) is 22.3. The third-order valence-electron chi connectivity index (χ3n) is 2.97. The number of hydrogen-bond acceptors (Lipinski definition) is 6. The van der Waals surface area contributed by atoms with E-state index in [4.69, 9.17) is 5.11 Å². The highest BCUT2D eigenvalue weighted by Gasteiger charge is 2.45. The Balaban J connectivity index is 2.89. The number of carboxylic acid groups (broad SMARTS) is 1. The van der Waals surface area contributed by atoms with Gasteiger partial charge in [0.1, 0.15) is 6.04 Å². The number of thioether (sulfide) groups is 1. The second kappa shape index (κ2) is 7.28. The van der Waals surface area contributed by atoms with E-state index in [9.17, 15) is 18.0 Å². The monoisotopic (exact) mass is 325 g/mol. The minimum atomic E-state index is -3.80. The normalized spacial score (nSPS) is 23.7. The zero-order valence-electron chi connectivity index (χ0n) is 11.4. The molecule has 7 nitrogen and oxygen atoms in total. The van der Waals surface area contributed by atoms with Gasteiger partial charge in [0.2, 0.25) is 10.0 Å². The van der Waals surface area contributed by atoms with Gasteiger partial charge in [-0.3, -0.25) is 9.59 Å². The van der Waals surface area contributed by atoms with E-state index in [0.29, 0.717) is 6.42 Å². The maximum absolute atomic E-state index is 12.3. The van der Waals surface area contributed by atoms with Crippen LogP contribution < -0.4 is 0 Å². The van der Waals surface area contributed by atoms with Crippen LogP contribution in [0.5, 0.6) is 0 Å². The van der Waals surface area contributed by atoms with Crippen LogP contribution in [-0.4, -0.2) is 59.8 Å². The van der Waals surface area contributed by atoms with Gasteiger partial charge in [0.15, 0.2) is 0 Å². The molecule has 1 fully saturated rings. The minimum absolute atomic E-state index is 0.234. The van der Waals surface area contributed by atoms with Gasteiger partial charge in [-0.1, -0.05) is 13.3 Å². The van der Waals surface area contributed by atoms with Gasteiger partial charge >= 0.3 is 11.9 Å². The van der Waals surface area contributed by atoms with E-state index in [1.54, 1.807) is 0 Å². The largest absolute Gasteiger partial charge is 0.480 e. The van der Waals surface area contributed by atoms with Gasteiger partial charge in [-0.25, -0.2) is 8.42 Å². The molecule has 1 aliphatic heterocycles. The van der Waals surface area contributed by atoms with Crippen molar-refractivity contribution >= 4 is 33.7 Å². The third-order valence-corrected chi connectivity index (χ3v) is 6.33. The molecule has 1 heterocycles. The van der Waals surface area contributed by atoms with Crippen molar-refractivity contribution in [2.45, 2.75) is 37.6 Å². The lowest BCUT2D eigenvalue weighted by molar-refractivity contribution is -0.140. The van der Waals surface area contributed by atoms with Crippen LogP contribution >= 0.6 is 11.8 Å². The molecule has 0 aliphatic carbocycles. The molecule has 0 aromatic carbocycles. The fourth-order valence-corrected chi connectivity index (χ4v) is 5.71. The summed E-state index contributed by atoms with van der Waals surface area (Å²) in [5.41, 5.74) is 0. The molecule has 2 unspecified atom stereocenters. The number of nitrogens with zero attached hydrogens (tertiary/aromatic N) is 1. The Morgan fingerprint density at radius 2 is 2.10 bits per heavy atom. The van der Waals surface area contributed by atoms with Crippen molar-refractivity contribution in [3.8, 4) is 0 Å². The smallest absolute Gasteiger partial charge is 0.322 e. The van der Waals surface area contributed by atoms with E-state index >= 15 is 0 Å². The highest BCUT2D eigenvalue weighted by Crippen LogP contribution is 2.35. The van der Waals surface area contributed by atoms with Crippen LogP contribution in [0.15, 0.2) is 0 Å². The molecule has 20 heavy (non-hydrogen) atoms. The number of esters is 1. The molecular weight excluding hydrogens is 306 g/mol. The number of carbonyl (C=O) groups is 2. The average molecular weight is 325 g/mol. The van der Waals surface area contributed by atoms with Crippen molar-refractivity contribution < 1.29 is 27.9 Å². The van der Waals surface area contributed by atoms with Gasteiger partial charge in [-0.2, -0.15) is 4.31 Å². The number of sulfonamides is 1. The van der Waals surface area contributed by atoms with E-state index in [2.05, 4.69) is 4.74 Å². The molecule has 1 aliphatic rings. The lowest BCUT2D eigenvalue weighted by atomic mass is 10.3. The van der Waals surface area contributed by atoms with Crippen molar-refractivity contribution in [2.75, 3.05) is 18.6 Å². The van der Waals surface area contributed by atoms with Crippen molar-refractivity contribution in [1.29, 1.82) is 0 Å². The van der Waals surface area contributed by atoms with Gasteiger partial charge in [0.25, 0.3) is 0 Å². The lowest BCUT2D eigenvalue weighted by Gasteiger charge is -2.26. The van der Waals surface area contributed by atoms with E-state index in [-0.39, 0.29) is 17.5 Å². The summed E-state index contributed by atoms with van der Waals surface area (Å²) >= 11 is 1.33. The van der Waals surface area contributed by atoms with E-state index in [1.807, 2.05) is 6.92 Å². The number of hydrogen-bond donors (Lipinski definition) is 1. The lowest BCUT2D eigenvalue weighted by Crippen LogP contribution is -2.46. The second-order valence-corrected chi connectivity index (χ2v) is 7.61. The summed E-state index contributed by atoms with van der Waals surface area (Å²) in [5.74, 6) is -1.97. The Bertz CT molecular complexity index is 464. The maximum atomic E-state index is 12.3. The molecule has 0 bridgehead atoms. The molecule has 0 aromatic rings. The summed E-state index contributed by atoms with van der Waals surface area (Å²) in [6, 6.07) is -1.06. The molecule has 0 amide bonds. The Morgan fingerprint density at radius 3 is 2.60 bits per heavy atom. The first-order valence-electron chi connectivity index (χ1n) is 6.26. The van der Waals surface area contributed by atoms with E-state index in [0.717, 1.165) is 10.7 Å². The Labute approximate surface area is 122 Å². The van der Waals surface area contributed by atoms with Gasteiger partial charge < -0.3 is 9.84 Å². The highest BCUT2D eigenvalue weighted by molar-refractivity contribution is 8.01. The van der Waals surface area contributed by atoms with Gasteiger partial charge in [-0.05, 0) is 6.42 Å². The number of methoxy groups -OCH3 is 1. The Hall–Kier alpha value is -0.800. The summed E-state index contributed by atoms with van der Waals surface area (Å²) in [7, 11) is -2.62. The van der Waals surface area contributed by atoms with Crippen molar-refractivity contribution in [2.24, 2.45) is 0 Å². The molecular formula is C11H19NO6S2. The third kappa shape index (κ3) is 4.10. The SMILES string of the molecule is CCCC1SCC(C(=O)O)N1S(=O)(=O)CCC(=O)OC. The molecule has 0 radical (unpaired) electrons. The molecule has 0 spiro atoms. The molecule has 0 saturated carbocycles. The molecule has 1 rings (SSSR count). The fraction of sp³-hybridized carbons (Fsp3) is 0.818. The molecule has 0 aromatic heterocycles. The average Bonchev–Trinajstić information content (AvgIpc) is 2.81. The van der Waals surface area contributed by atoms with Crippen molar-refractivity contribution in [3.63, 3.8) is 0 Å². The minimum Gasteiger partial charge on any atom is -0.480 e. The Kier molecular flexibility index (Phi) is 6.28. The number of carboxylic acids is 1. The molecule has 9 heteroatoms. The Morgan fingerprint density at radius 1 is 1.45 bits per heavy atom. The number of aliphatic carboxylic acids is 1. The van der Waals surface area contributed by atoms with Crippen LogP contribution in [0.25, 0.3) is 0 Å². The topological polar surface area (TPSA) is 101 Å². The second-order valence-electron chi connectivity index (χ2n) is 4.40. The summed E-state index contributed by atoms with van der Waals surface area (Å²) in [6.45, 7) is 1.91. The zero-order chi connectivity index (χ0) is 15.3. The quantitative estimate of drug-likeness (QED) is 0.680. The predicted octanol–water partition coefficient (Wildman–Crippen LogP) is 0.508. The maximum Gasteiger partial charge on any atom is 0.322 e. The molecule has 1 N–H and O–H groups in total. The highest BCUT2D eigenvalue weighted by atomic mass is 32.2. The first-order valence-corrected chi connectivity index (χ1v) is 8.91. The van der Waals surface area contributed by atoms with Crippen LogP contribution in [0.3, 0.4) is 0 Å². The number of ether oxygens (including phenoxy) is 1. The van der Waals surface area contributed by atoms with Crippen LogP contribution in [0.1, 0.15) is 26.2 Å². The standard InChI is InChI=1S/C11H19NO6S2/c1-3-4-9-12(8(7-19-9)11(14)15)20(16,17)6-5-10(13)18-2/h8-9H,3-7H2,1-2H3,(H,14,15). The van der Waals surface area contributed by atoms with Gasteiger partial charge in [0.05, 0.1) is 24.7 Å². The first-order chi connectivity index (χ1) is 9.33. The predicted molar refractivity (Wildman–Crippen MR) is 74.8 cm³/mol. The van der Waals surface area contributed by atoms with Gasteiger partial charge in [0, 0.05) is 5.75 Å². The van der Waals surface area contributed by atoms with Crippen LogP contribution in [0, 0.1) is 0 Å². The van der Waals surface area contributed by atoms with Crippen LogP contribution in [0.4, 0.5) is 0 Å². The number of rotatable bonds is 7. The van der Waals surface area contributed by atoms with E-state index in [1.165, 1.54) is 18.9 Å². The summed E-state index contributed by atoms with van der Waals surface area (Å²) < 4.78 is 30.1. The van der Waals surface area contributed by atoms with Crippen LogP contribution in [-0.2, 0) is 24.3 Å². The molecule has 2 atom stereocenters. The number of carbonyl (C=O) groups excluding carboxylic acids is 1. The summed E-state index contributed by atoms with van der Waals surface area (Å²) in [6.07, 6.45) is 1.07. The van der Waals surface area contributed by atoms with Crippen LogP contribution in [0.2, 0.25) is 0 Å². The fourth-order valence-electron chi connectivity index (χ4n) is 1.98. The molecule has 116 valence electrons. The molecule has 1 saturated heterocycles.